The van der Waals surface area contributed by atoms with Crippen LogP contribution in [0.1, 0.15) is 12.0 Å². The maximum atomic E-state index is 15.1. The summed E-state index contributed by atoms with van der Waals surface area (Å²) >= 11 is 1.40. The number of hydrogen-bond donors (Lipinski definition) is 3. The maximum Gasteiger partial charge on any atom is 0.326 e. The molecule has 0 aliphatic carbocycles. The van der Waals surface area contributed by atoms with Gasteiger partial charge < -0.3 is 15.2 Å². The van der Waals surface area contributed by atoms with Gasteiger partial charge >= 0.3 is 10.2 Å². The Bertz CT molecular complexity index is 818. The third-order valence-electron chi connectivity index (χ3n) is 4.20. The molecule has 2 aliphatic heterocycles. The highest BCUT2D eigenvalue weighted by molar-refractivity contribution is 7.99. The number of nitrogens with zero attached hydrogens (tertiary/aromatic N) is 1. The Morgan fingerprint density at radius 3 is 2.96 bits per heavy atom. The molecule has 8 nitrogen and oxygen atoms in total. The first-order valence-electron chi connectivity index (χ1n) is 8.06. The molecule has 11 heteroatoms. The van der Waals surface area contributed by atoms with E-state index in [4.69, 9.17) is 4.74 Å². The summed E-state index contributed by atoms with van der Waals surface area (Å²) in [4.78, 5) is 12.0. The molecular weight excluding hydrogens is 385 g/mol. The molecule has 1 saturated heterocycles. The number of thioether (sulfide) groups is 1. The number of methoxy groups -OCH3 is 1. The summed E-state index contributed by atoms with van der Waals surface area (Å²) in [5.41, 5.74) is -0.143. The van der Waals surface area contributed by atoms with Gasteiger partial charge in [0.05, 0.1) is 0 Å². The van der Waals surface area contributed by atoms with E-state index in [1.54, 1.807) is 11.8 Å². The van der Waals surface area contributed by atoms with Crippen molar-refractivity contribution >= 4 is 33.6 Å². The number of aromatic hydroxyl groups is 1. The van der Waals surface area contributed by atoms with Crippen molar-refractivity contribution in [2.45, 2.75) is 23.8 Å². The summed E-state index contributed by atoms with van der Waals surface area (Å²) in [6.45, 7) is 0.793. The molecule has 0 bridgehead atoms. The normalized spacial score (nSPS) is 21.5. The van der Waals surface area contributed by atoms with Gasteiger partial charge in [0.25, 0.3) is 5.91 Å². The molecule has 1 fully saturated rings. The summed E-state index contributed by atoms with van der Waals surface area (Å²) < 4.78 is 46.4. The van der Waals surface area contributed by atoms with Crippen molar-refractivity contribution in [3.8, 4) is 5.75 Å². The van der Waals surface area contributed by atoms with Gasteiger partial charge in [-0.3, -0.25) is 4.79 Å². The highest BCUT2D eigenvalue weighted by atomic mass is 32.2. The standard InChI is InChI=1S/C15H20FN3O5S2/c1-24-4-2-3-17-9-5-10-12(25-8-9)6-11(20)15(14(10)16)19-7-13(21)18-26(19,22)23/h6,9,17,20H,2-5,7-8H2,1H3,(H,18,21)/t9-/m0/s1. The molecular formula is C15H20FN3O5S2. The molecule has 2 heterocycles. The number of phenolic OH excluding ortho intramolecular Hbond substituents is 1. The molecule has 0 spiro atoms. The molecule has 1 amide bonds. The molecule has 26 heavy (non-hydrogen) atoms. The van der Waals surface area contributed by atoms with E-state index >= 15 is 4.39 Å². The molecule has 1 atom stereocenters. The number of amides is 1. The second-order valence-electron chi connectivity index (χ2n) is 6.08. The smallest absolute Gasteiger partial charge is 0.326 e. The van der Waals surface area contributed by atoms with Crippen molar-refractivity contribution in [2.75, 3.05) is 36.9 Å². The molecule has 144 valence electrons. The minimum Gasteiger partial charge on any atom is -0.506 e. The van der Waals surface area contributed by atoms with Crippen molar-refractivity contribution in [2.24, 2.45) is 0 Å². The Morgan fingerprint density at radius 2 is 2.31 bits per heavy atom. The first kappa shape index (κ1) is 19.2. The fourth-order valence-corrected chi connectivity index (χ4v) is 5.32. The minimum atomic E-state index is -4.20. The van der Waals surface area contributed by atoms with Gasteiger partial charge in [0.2, 0.25) is 0 Å². The van der Waals surface area contributed by atoms with Gasteiger partial charge in [-0.05, 0) is 25.5 Å². The highest BCUT2D eigenvalue weighted by Gasteiger charge is 2.39. The van der Waals surface area contributed by atoms with E-state index in [1.807, 2.05) is 0 Å². The predicted molar refractivity (Wildman–Crippen MR) is 95.2 cm³/mol. The third kappa shape index (κ3) is 3.75. The number of ether oxygens (including phenoxy) is 1. The van der Waals surface area contributed by atoms with Crippen molar-refractivity contribution in [3.63, 3.8) is 0 Å². The average Bonchev–Trinajstić information content (AvgIpc) is 2.84. The van der Waals surface area contributed by atoms with Gasteiger partial charge in [0.15, 0.2) is 5.82 Å². The van der Waals surface area contributed by atoms with Gasteiger partial charge in [-0.25, -0.2) is 13.4 Å². The molecule has 1 aromatic rings. The zero-order valence-corrected chi connectivity index (χ0v) is 15.8. The number of carbonyl (C=O) groups is 1. The topological polar surface area (TPSA) is 108 Å². The van der Waals surface area contributed by atoms with Gasteiger partial charge in [-0.1, -0.05) is 0 Å². The summed E-state index contributed by atoms with van der Waals surface area (Å²) in [5, 5.41) is 13.5. The molecule has 3 rings (SSSR count). The second-order valence-corrected chi connectivity index (χ2v) is 8.74. The molecule has 2 aliphatic rings. The van der Waals surface area contributed by atoms with E-state index in [1.165, 1.54) is 17.8 Å². The summed E-state index contributed by atoms with van der Waals surface area (Å²) in [5.74, 6) is -1.37. The van der Waals surface area contributed by atoms with E-state index in [0.29, 0.717) is 33.5 Å². The van der Waals surface area contributed by atoms with Crippen LogP contribution in [0.4, 0.5) is 10.1 Å². The van der Waals surface area contributed by atoms with Crippen LogP contribution in [0, 0.1) is 5.82 Å². The van der Waals surface area contributed by atoms with Crippen LogP contribution in [-0.2, 0) is 26.2 Å². The van der Waals surface area contributed by atoms with Crippen LogP contribution in [0.5, 0.6) is 5.75 Å². The number of anilines is 1. The lowest BCUT2D eigenvalue weighted by Crippen LogP contribution is -2.37. The van der Waals surface area contributed by atoms with Crippen molar-refractivity contribution in [1.82, 2.24) is 10.0 Å². The Balaban J connectivity index is 1.86. The lowest BCUT2D eigenvalue weighted by Gasteiger charge is -2.28. The van der Waals surface area contributed by atoms with E-state index in [2.05, 4.69) is 5.32 Å². The summed E-state index contributed by atoms with van der Waals surface area (Å²) in [7, 11) is -2.57. The number of benzene rings is 1. The van der Waals surface area contributed by atoms with Crippen LogP contribution in [-0.4, -0.2) is 58.0 Å². The highest BCUT2D eigenvalue weighted by Crippen LogP contribution is 2.42. The number of carbonyl (C=O) groups excluding carboxylic acids is 1. The summed E-state index contributed by atoms with van der Waals surface area (Å²) in [6, 6.07) is 1.38. The molecule has 0 unspecified atom stereocenters. The van der Waals surface area contributed by atoms with Crippen LogP contribution < -0.4 is 14.3 Å². The quantitative estimate of drug-likeness (QED) is 0.587. The van der Waals surface area contributed by atoms with Crippen molar-refractivity contribution < 1.29 is 27.4 Å². The van der Waals surface area contributed by atoms with E-state index in [9.17, 15) is 18.3 Å². The maximum absolute atomic E-state index is 15.1. The van der Waals surface area contributed by atoms with Crippen LogP contribution >= 0.6 is 11.8 Å². The Hall–Kier alpha value is -1.56. The lowest BCUT2D eigenvalue weighted by atomic mass is 10.0. The summed E-state index contributed by atoms with van der Waals surface area (Å²) in [6.07, 6.45) is 1.19. The minimum absolute atomic E-state index is 0.0196. The van der Waals surface area contributed by atoms with Crippen LogP contribution in [0.3, 0.4) is 0 Å². The molecule has 0 aromatic heterocycles. The lowest BCUT2D eigenvalue weighted by molar-refractivity contribution is -0.117. The second kappa shape index (κ2) is 7.59. The number of fused-ring (bicyclic) bond motifs is 1. The van der Waals surface area contributed by atoms with Crippen molar-refractivity contribution in [1.29, 1.82) is 0 Å². The number of phenols is 1. The first-order chi connectivity index (χ1) is 12.3. The largest absolute Gasteiger partial charge is 0.506 e. The Morgan fingerprint density at radius 1 is 1.54 bits per heavy atom. The van der Waals surface area contributed by atoms with Gasteiger partial charge in [0.1, 0.15) is 18.0 Å². The van der Waals surface area contributed by atoms with E-state index in [0.717, 1.165) is 13.0 Å². The zero-order valence-electron chi connectivity index (χ0n) is 14.1. The first-order valence-corrected chi connectivity index (χ1v) is 10.5. The molecule has 3 N–H and O–H groups in total. The van der Waals surface area contributed by atoms with Crippen LogP contribution in [0.15, 0.2) is 11.0 Å². The zero-order chi connectivity index (χ0) is 18.9. The van der Waals surface area contributed by atoms with Crippen LogP contribution in [0.2, 0.25) is 0 Å². The van der Waals surface area contributed by atoms with Gasteiger partial charge in [0, 0.05) is 36.0 Å². The third-order valence-corrected chi connectivity index (χ3v) is 6.82. The van der Waals surface area contributed by atoms with Gasteiger partial charge in [-0.2, -0.15) is 8.42 Å². The monoisotopic (exact) mass is 405 g/mol. The SMILES string of the molecule is COCCCN[C@@H]1CSc2cc(O)c(N3CC(=O)NS3(=O)=O)c(F)c2C1. The van der Waals surface area contributed by atoms with Crippen LogP contribution in [0.25, 0.3) is 0 Å². The Kier molecular flexibility index (Phi) is 5.61. The predicted octanol–water partition coefficient (Wildman–Crippen LogP) is 0.355. The van der Waals surface area contributed by atoms with Gasteiger partial charge in [-0.15, -0.1) is 11.8 Å². The fourth-order valence-electron chi connectivity index (χ4n) is 2.99. The number of hydrogen-bond acceptors (Lipinski definition) is 7. The average molecular weight is 405 g/mol. The van der Waals surface area contributed by atoms with E-state index < -0.39 is 39.9 Å². The fraction of sp³-hybridized carbons (Fsp3) is 0.533. The van der Waals surface area contributed by atoms with E-state index in [-0.39, 0.29) is 6.04 Å². The molecule has 1 aromatic carbocycles. The Labute approximate surface area is 155 Å². The number of halogens is 1. The van der Waals surface area contributed by atoms with Crippen molar-refractivity contribution in [3.05, 3.63) is 17.4 Å². The number of nitrogens with one attached hydrogen (secondary N) is 2. The molecule has 0 saturated carbocycles. The molecule has 0 radical (unpaired) electrons. The number of rotatable bonds is 6.